The fraction of sp³-hybridized carbons (Fsp3) is 0.333. The Labute approximate surface area is 129 Å². The average molecular weight is 299 g/mol. The van der Waals surface area contributed by atoms with Gasteiger partial charge in [-0.15, -0.1) is 11.3 Å². The third-order valence-electron chi connectivity index (χ3n) is 3.92. The summed E-state index contributed by atoms with van der Waals surface area (Å²) in [6.45, 7) is 5.24. The molecule has 0 spiro atoms. The summed E-state index contributed by atoms with van der Waals surface area (Å²) < 4.78 is 5.97. The first-order valence-electron chi connectivity index (χ1n) is 7.59. The summed E-state index contributed by atoms with van der Waals surface area (Å²) in [5.41, 5.74) is 2.30. The summed E-state index contributed by atoms with van der Waals surface area (Å²) >= 11 is 1.82. The zero-order valence-corrected chi connectivity index (χ0v) is 13.4. The van der Waals surface area contributed by atoms with Crippen LogP contribution in [0, 0.1) is 0 Å². The predicted octanol–water partition coefficient (Wildman–Crippen LogP) is 5.30. The quantitative estimate of drug-likeness (QED) is 0.668. The number of para-hydroxylation sites is 1. The second kappa shape index (κ2) is 6.46. The Morgan fingerprint density at radius 3 is 2.71 bits per heavy atom. The minimum absolute atomic E-state index is 0.420. The van der Waals surface area contributed by atoms with E-state index in [2.05, 4.69) is 54.9 Å². The van der Waals surface area contributed by atoms with E-state index in [4.69, 9.17) is 4.42 Å². The molecule has 0 saturated carbocycles. The van der Waals surface area contributed by atoms with Gasteiger partial charge in [0.05, 0.1) is 0 Å². The fourth-order valence-corrected chi connectivity index (χ4v) is 3.68. The van der Waals surface area contributed by atoms with Crippen LogP contribution in [0.15, 0.2) is 46.2 Å². The molecule has 0 fully saturated rings. The number of thiophene rings is 1. The molecular formula is C18H21NOS. The number of aryl methyl sites for hydroxylation is 1. The van der Waals surface area contributed by atoms with E-state index >= 15 is 0 Å². The van der Waals surface area contributed by atoms with E-state index in [1.54, 1.807) is 0 Å². The smallest absolute Gasteiger partial charge is 0.134 e. The number of rotatable bonds is 6. The molecule has 0 bridgehead atoms. The SMILES string of the molecule is CCc1oc2ccccc2c1CNC(CC)c1cccs1. The topological polar surface area (TPSA) is 25.2 Å². The van der Waals surface area contributed by atoms with Gasteiger partial charge in [-0.3, -0.25) is 0 Å². The van der Waals surface area contributed by atoms with Crippen LogP contribution in [0.4, 0.5) is 0 Å². The molecule has 21 heavy (non-hydrogen) atoms. The normalized spacial score (nSPS) is 12.9. The Balaban J connectivity index is 1.84. The highest BCUT2D eigenvalue weighted by Crippen LogP contribution is 2.28. The minimum atomic E-state index is 0.420. The molecule has 1 unspecified atom stereocenters. The average Bonchev–Trinajstić information content (AvgIpc) is 3.16. The van der Waals surface area contributed by atoms with Crippen molar-refractivity contribution in [2.45, 2.75) is 39.3 Å². The predicted molar refractivity (Wildman–Crippen MR) is 89.8 cm³/mol. The highest BCUT2D eigenvalue weighted by molar-refractivity contribution is 7.10. The van der Waals surface area contributed by atoms with Gasteiger partial charge in [-0.25, -0.2) is 0 Å². The number of hydrogen-bond acceptors (Lipinski definition) is 3. The molecule has 110 valence electrons. The standard InChI is InChI=1S/C18H21NOS/c1-3-15(18-10-7-11-21-18)19-12-14-13-8-5-6-9-17(13)20-16(14)4-2/h5-11,15,19H,3-4,12H2,1-2H3. The van der Waals surface area contributed by atoms with Crippen LogP contribution in [0.5, 0.6) is 0 Å². The van der Waals surface area contributed by atoms with E-state index in [1.165, 1.54) is 15.8 Å². The zero-order chi connectivity index (χ0) is 14.7. The first-order valence-corrected chi connectivity index (χ1v) is 8.47. The molecule has 2 nitrogen and oxygen atoms in total. The van der Waals surface area contributed by atoms with Gasteiger partial charge in [-0.1, -0.05) is 38.1 Å². The lowest BCUT2D eigenvalue weighted by Crippen LogP contribution is -2.19. The molecule has 1 N–H and O–H groups in total. The summed E-state index contributed by atoms with van der Waals surface area (Å²) in [5, 5.41) is 7.07. The highest BCUT2D eigenvalue weighted by atomic mass is 32.1. The first kappa shape index (κ1) is 14.4. The van der Waals surface area contributed by atoms with Gasteiger partial charge in [0.2, 0.25) is 0 Å². The fourth-order valence-electron chi connectivity index (χ4n) is 2.79. The van der Waals surface area contributed by atoms with Gasteiger partial charge < -0.3 is 9.73 Å². The summed E-state index contributed by atoms with van der Waals surface area (Å²) in [6.07, 6.45) is 2.03. The number of benzene rings is 1. The molecule has 3 rings (SSSR count). The lowest BCUT2D eigenvalue weighted by atomic mass is 10.1. The Kier molecular flexibility index (Phi) is 4.42. The Morgan fingerprint density at radius 1 is 1.14 bits per heavy atom. The molecule has 3 heteroatoms. The van der Waals surface area contributed by atoms with Gasteiger partial charge in [0.1, 0.15) is 11.3 Å². The van der Waals surface area contributed by atoms with Crippen LogP contribution in [0.2, 0.25) is 0 Å². The van der Waals surface area contributed by atoms with E-state index in [0.717, 1.165) is 30.7 Å². The molecule has 0 aliphatic carbocycles. The highest BCUT2D eigenvalue weighted by Gasteiger charge is 2.15. The molecule has 2 heterocycles. The van der Waals surface area contributed by atoms with Crippen molar-refractivity contribution in [1.29, 1.82) is 0 Å². The van der Waals surface area contributed by atoms with Crippen molar-refractivity contribution >= 4 is 22.3 Å². The maximum absolute atomic E-state index is 5.97. The molecule has 0 radical (unpaired) electrons. The van der Waals surface area contributed by atoms with E-state index < -0.39 is 0 Å². The van der Waals surface area contributed by atoms with Crippen LogP contribution in [0.1, 0.15) is 42.5 Å². The van der Waals surface area contributed by atoms with Crippen molar-refractivity contribution in [3.63, 3.8) is 0 Å². The maximum atomic E-state index is 5.97. The van der Waals surface area contributed by atoms with Gasteiger partial charge in [0.25, 0.3) is 0 Å². The lowest BCUT2D eigenvalue weighted by Gasteiger charge is -2.15. The van der Waals surface area contributed by atoms with Crippen LogP contribution >= 0.6 is 11.3 Å². The van der Waals surface area contributed by atoms with Gasteiger partial charge in [0, 0.05) is 34.8 Å². The van der Waals surface area contributed by atoms with Gasteiger partial charge in [-0.2, -0.15) is 0 Å². The van der Waals surface area contributed by atoms with Crippen molar-refractivity contribution < 1.29 is 4.42 Å². The molecule has 0 aliphatic rings. The van der Waals surface area contributed by atoms with Crippen molar-refractivity contribution in [3.05, 3.63) is 58.0 Å². The summed E-state index contributed by atoms with van der Waals surface area (Å²) in [4.78, 5) is 1.41. The summed E-state index contributed by atoms with van der Waals surface area (Å²) in [6, 6.07) is 13.1. The van der Waals surface area contributed by atoms with Crippen LogP contribution in [0.25, 0.3) is 11.0 Å². The molecule has 0 saturated heterocycles. The van der Waals surface area contributed by atoms with E-state index in [9.17, 15) is 0 Å². The third kappa shape index (κ3) is 2.89. The molecular weight excluding hydrogens is 278 g/mol. The monoisotopic (exact) mass is 299 g/mol. The van der Waals surface area contributed by atoms with E-state index in [-0.39, 0.29) is 0 Å². The zero-order valence-electron chi connectivity index (χ0n) is 12.6. The van der Waals surface area contributed by atoms with Crippen LogP contribution < -0.4 is 5.32 Å². The summed E-state index contributed by atoms with van der Waals surface area (Å²) in [7, 11) is 0. The summed E-state index contributed by atoms with van der Waals surface area (Å²) in [5.74, 6) is 1.10. The first-order chi connectivity index (χ1) is 10.3. The van der Waals surface area contributed by atoms with Gasteiger partial charge in [0.15, 0.2) is 0 Å². The molecule has 3 aromatic rings. The molecule has 1 aromatic carbocycles. The van der Waals surface area contributed by atoms with Crippen molar-refractivity contribution in [1.82, 2.24) is 5.32 Å². The van der Waals surface area contributed by atoms with Crippen LogP contribution in [-0.4, -0.2) is 0 Å². The third-order valence-corrected chi connectivity index (χ3v) is 4.91. The molecule has 0 amide bonds. The van der Waals surface area contributed by atoms with Crippen molar-refractivity contribution in [3.8, 4) is 0 Å². The largest absolute Gasteiger partial charge is 0.461 e. The second-order valence-corrected chi connectivity index (χ2v) is 6.19. The molecule has 2 aromatic heterocycles. The molecule has 0 aliphatic heterocycles. The number of furan rings is 1. The van der Waals surface area contributed by atoms with E-state index in [0.29, 0.717) is 6.04 Å². The van der Waals surface area contributed by atoms with Crippen LogP contribution in [-0.2, 0) is 13.0 Å². The van der Waals surface area contributed by atoms with Crippen molar-refractivity contribution in [2.75, 3.05) is 0 Å². The van der Waals surface area contributed by atoms with Gasteiger partial charge >= 0.3 is 0 Å². The minimum Gasteiger partial charge on any atom is -0.461 e. The Hall–Kier alpha value is -1.58. The lowest BCUT2D eigenvalue weighted by molar-refractivity contribution is 0.508. The maximum Gasteiger partial charge on any atom is 0.134 e. The Morgan fingerprint density at radius 2 is 2.00 bits per heavy atom. The number of nitrogens with one attached hydrogen (secondary N) is 1. The van der Waals surface area contributed by atoms with Crippen molar-refractivity contribution in [2.24, 2.45) is 0 Å². The van der Waals surface area contributed by atoms with Gasteiger partial charge in [-0.05, 0) is 23.9 Å². The van der Waals surface area contributed by atoms with Crippen LogP contribution in [0.3, 0.4) is 0 Å². The van der Waals surface area contributed by atoms with E-state index in [1.807, 2.05) is 17.4 Å². The Bertz CT molecular complexity index is 699. The number of fused-ring (bicyclic) bond motifs is 1. The second-order valence-electron chi connectivity index (χ2n) is 5.21. The molecule has 1 atom stereocenters. The number of hydrogen-bond donors (Lipinski definition) is 1.